The van der Waals surface area contributed by atoms with Gasteiger partial charge in [0.15, 0.2) is 0 Å². The maximum absolute atomic E-state index is 12.1. The van der Waals surface area contributed by atoms with E-state index < -0.39 is 5.91 Å². The van der Waals surface area contributed by atoms with Crippen LogP contribution in [0.15, 0.2) is 52.5 Å². The Balaban J connectivity index is 2.21. The zero-order chi connectivity index (χ0) is 16.1. The fourth-order valence-corrected chi connectivity index (χ4v) is 2.22. The molecule has 0 bridgehead atoms. The highest BCUT2D eigenvalue weighted by atomic mass is 79.9. The molecule has 0 unspecified atom stereocenters. The first-order valence-corrected chi connectivity index (χ1v) is 7.68. The highest BCUT2D eigenvalue weighted by Gasteiger charge is 2.10. The van der Waals surface area contributed by atoms with Gasteiger partial charge in [0.1, 0.15) is 11.6 Å². The summed E-state index contributed by atoms with van der Waals surface area (Å²) in [5, 5.41) is 12.6. The second kappa shape index (κ2) is 7.46. The number of carbonyl (C=O) groups is 1. The number of carbonyl (C=O) groups excluding carboxylic acids is 1. The minimum Gasteiger partial charge on any atom is -0.321 e. The van der Waals surface area contributed by atoms with Gasteiger partial charge in [-0.2, -0.15) is 5.26 Å². The number of amides is 1. The van der Waals surface area contributed by atoms with E-state index in [0.717, 1.165) is 4.47 Å². The number of hydrogen-bond acceptors (Lipinski definition) is 2. The lowest BCUT2D eigenvalue weighted by Gasteiger charge is -2.04. The van der Waals surface area contributed by atoms with E-state index in [1.54, 1.807) is 42.5 Å². The molecule has 0 aromatic heterocycles. The van der Waals surface area contributed by atoms with Crippen molar-refractivity contribution in [3.63, 3.8) is 0 Å². The van der Waals surface area contributed by atoms with Gasteiger partial charge in [-0.3, -0.25) is 4.79 Å². The van der Waals surface area contributed by atoms with Crippen LogP contribution in [0.3, 0.4) is 0 Å². The highest BCUT2D eigenvalue weighted by Crippen LogP contribution is 2.24. The molecule has 0 aliphatic carbocycles. The molecule has 1 N–H and O–H groups in total. The standard InChI is InChI=1S/C16H9BrCl2N2O/c17-12-2-4-13(5-3-12)21-16(22)11(9-20)7-10-1-6-14(18)15(19)8-10/h1-8H,(H,21,22)/b11-7-. The first-order chi connectivity index (χ1) is 10.5. The van der Waals surface area contributed by atoms with Gasteiger partial charge in [0.25, 0.3) is 5.91 Å². The Morgan fingerprint density at radius 2 is 1.82 bits per heavy atom. The minimum atomic E-state index is -0.490. The van der Waals surface area contributed by atoms with Crippen molar-refractivity contribution >= 4 is 56.8 Å². The summed E-state index contributed by atoms with van der Waals surface area (Å²) in [7, 11) is 0. The van der Waals surface area contributed by atoms with Crippen LogP contribution in [0.25, 0.3) is 6.08 Å². The summed E-state index contributed by atoms with van der Waals surface area (Å²) >= 11 is 15.1. The zero-order valence-corrected chi connectivity index (χ0v) is 14.2. The van der Waals surface area contributed by atoms with Gasteiger partial charge in [-0.15, -0.1) is 0 Å². The SMILES string of the molecule is N#C/C(=C/c1ccc(Cl)c(Cl)c1)C(=O)Nc1ccc(Br)cc1. The maximum atomic E-state index is 12.1. The summed E-state index contributed by atoms with van der Waals surface area (Å²) < 4.78 is 0.900. The van der Waals surface area contributed by atoms with E-state index in [1.165, 1.54) is 6.08 Å². The second-order valence-electron chi connectivity index (χ2n) is 4.30. The van der Waals surface area contributed by atoms with Gasteiger partial charge in [0, 0.05) is 10.2 Å². The van der Waals surface area contributed by atoms with Crippen LogP contribution in [0.2, 0.25) is 10.0 Å². The monoisotopic (exact) mass is 394 g/mol. The van der Waals surface area contributed by atoms with Gasteiger partial charge in [-0.05, 0) is 48.0 Å². The number of rotatable bonds is 3. The molecule has 0 spiro atoms. The average molecular weight is 396 g/mol. The molecule has 0 heterocycles. The molecule has 0 aliphatic heterocycles. The van der Waals surface area contributed by atoms with Crippen LogP contribution in [0, 0.1) is 11.3 Å². The normalized spacial score (nSPS) is 10.9. The number of nitrogens with zero attached hydrogens (tertiary/aromatic N) is 1. The van der Waals surface area contributed by atoms with Crippen LogP contribution in [-0.4, -0.2) is 5.91 Å². The fraction of sp³-hybridized carbons (Fsp3) is 0. The molecule has 6 heteroatoms. The summed E-state index contributed by atoms with van der Waals surface area (Å²) in [6.45, 7) is 0. The minimum absolute atomic E-state index is 0.0266. The van der Waals surface area contributed by atoms with Crippen molar-refractivity contribution in [2.45, 2.75) is 0 Å². The smallest absolute Gasteiger partial charge is 0.266 e. The van der Waals surface area contributed by atoms with Crippen molar-refractivity contribution in [1.82, 2.24) is 0 Å². The van der Waals surface area contributed by atoms with Crippen LogP contribution in [0.4, 0.5) is 5.69 Å². The predicted molar refractivity (Wildman–Crippen MR) is 92.8 cm³/mol. The Bertz CT molecular complexity index is 780. The molecule has 0 radical (unpaired) electrons. The van der Waals surface area contributed by atoms with Gasteiger partial charge in [-0.25, -0.2) is 0 Å². The van der Waals surface area contributed by atoms with Crippen LogP contribution >= 0.6 is 39.1 Å². The van der Waals surface area contributed by atoms with E-state index >= 15 is 0 Å². The van der Waals surface area contributed by atoms with E-state index in [-0.39, 0.29) is 5.57 Å². The maximum Gasteiger partial charge on any atom is 0.266 e. The third kappa shape index (κ3) is 4.35. The molecule has 0 aliphatic rings. The lowest BCUT2D eigenvalue weighted by atomic mass is 10.1. The van der Waals surface area contributed by atoms with Crippen molar-refractivity contribution in [3.8, 4) is 6.07 Å². The lowest BCUT2D eigenvalue weighted by Crippen LogP contribution is -2.13. The van der Waals surface area contributed by atoms with E-state index in [4.69, 9.17) is 28.5 Å². The topological polar surface area (TPSA) is 52.9 Å². The van der Waals surface area contributed by atoms with Crippen molar-refractivity contribution in [3.05, 3.63) is 68.1 Å². The van der Waals surface area contributed by atoms with Crippen LogP contribution in [0.5, 0.6) is 0 Å². The molecular formula is C16H9BrCl2N2O. The van der Waals surface area contributed by atoms with Gasteiger partial charge in [-0.1, -0.05) is 45.2 Å². The molecular weight excluding hydrogens is 387 g/mol. The molecule has 0 fully saturated rings. The van der Waals surface area contributed by atoms with Gasteiger partial charge in [0.2, 0.25) is 0 Å². The summed E-state index contributed by atoms with van der Waals surface area (Å²) in [4.78, 5) is 12.1. The molecule has 22 heavy (non-hydrogen) atoms. The molecule has 110 valence electrons. The number of anilines is 1. The number of nitriles is 1. The number of benzene rings is 2. The Hall–Kier alpha value is -1.80. The van der Waals surface area contributed by atoms with Gasteiger partial charge in [0.05, 0.1) is 10.0 Å². The first kappa shape index (κ1) is 16.6. The van der Waals surface area contributed by atoms with Crippen molar-refractivity contribution < 1.29 is 4.79 Å². The zero-order valence-electron chi connectivity index (χ0n) is 11.1. The molecule has 2 aromatic carbocycles. The van der Waals surface area contributed by atoms with Crippen LogP contribution in [0.1, 0.15) is 5.56 Å². The van der Waals surface area contributed by atoms with Crippen LogP contribution in [-0.2, 0) is 4.79 Å². The summed E-state index contributed by atoms with van der Waals surface area (Å²) in [6.07, 6.45) is 1.45. The molecule has 0 saturated heterocycles. The molecule has 1 amide bonds. The largest absolute Gasteiger partial charge is 0.321 e. The average Bonchev–Trinajstić information content (AvgIpc) is 2.50. The molecule has 0 atom stereocenters. The predicted octanol–water partition coefficient (Wildman–Crippen LogP) is 5.30. The van der Waals surface area contributed by atoms with Crippen LogP contribution < -0.4 is 5.32 Å². The van der Waals surface area contributed by atoms with E-state index in [9.17, 15) is 4.79 Å². The third-order valence-electron chi connectivity index (χ3n) is 2.72. The van der Waals surface area contributed by atoms with Crippen molar-refractivity contribution in [2.75, 3.05) is 5.32 Å². The van der Waals surface area contributed by atoms with Crippen molar-refractivity contribution in [1.29, 1.82) is 5.26 Å². The van der Waals surface area contributed by atoms with E-state index in [1.807, 2.05) is 6.07 Å². The van der Waals surface area contributed by atoms with Gasteiger partial charge >= 0.3 is 0 Å². The second-order valence-corrected chi connectivity index (χ2v) is 6.03. The Labute approximate surface area is 146 Å². The fourth-order valence-electron chi connectivity index (χ4n) is 1.65. The summed E-state index contributed by atoms with van der Waals surface area (Å²) in [5.74, 6) is -0.490. The number of halogens is 3. The van der Waals surface area contributed by atoms with E-state index in [0.29, 0.717) is 21.3 Å². The molecule has 0 saturated carbocycles. The van der Waals surface area contributed by atoms with E-state index in [2.05, 4.69) is 21.2 Å². The number of hydrogen-bond donors (Lipinski definition) is 1. The lowest BCUT2D eigenvalue weighted by molar-refractivity contribution is -0.112. The first-order valence-electron chi connectivity index (χ1n) is 6.13. The summed E-state index contributed by atoms with van der Waals surface area (Å²) in [6, 6.07) is 13.8. The number of nitrogens with one attached hydrogen (secondary N) is 1. The summed E-state index contributed by atoms with van der Waals surface area (Å²) in [5.41, 5.74) is 1.20. The Morgan fingerprint density at radius 3 is 2.41 bits per heavy atom. The molecule has 3 nitrogen and oxygen atoms in total. The quantitative estimate of drug-likeness (QED) is 0.566. The third-order valence-corrected chi connectivity index (χ3v) is 3.99. The Kier molecular flexibility index (Phi) is 5.62. The van der Waals surface area contributed by atoms with Gasteiger partial charge < -0.3 is 5.32 Å². The molecule has 2 aromatic rings. The Morgan fingerprint density at radius 1 is 1.14 bits per heavy atom. The highest BCUT2D eigenvalue weighted by molar-refractivity contribution is 9.10. The van der Waals surface area contributed by atoms with Crippen molar-refractivity contribution in [2.24, 2.45) is 0 Å². The molecule has 2 rings (SSSR count).